The van der Waals surface area contributed by atoms with Crippen molar-refractivity contribution >= 4 is 46.4 Å². The normalized spacial score (nSPS) is 11.8. The van der Waals surface area contributed by atoms with E-state index in [1.165, 1.54) is 0 Å². The van der Waals surface area contributed by atoms with Crippen LogP contribution in [0.1, 0.15) is 5.56 Å². The lowest BCUT2D eigenvalue weighted by Crippen LogP contribution is -2.04. The van der Waals surface area contributed by atoms with Crippen molar-refractivity contribution in [3.05, 3.63) is 34.4 Å². The molecule has 0 aromatic heterocycles. The third kappa shape index (κ3) is 2.59. The zero-order valence-electron chi connectivity index (χ0n) is 5.92. The van der Waals surface area contributed by atoms with Gasteiger partial charge >= 0.3 is 0 Å². The Morgan fingerprint density at radius 2 is 1.54 bits per heavy atom. The third-order valence-electron chi connectivity index (χ3n) is 1.32. The van der Waals surface area contributed by atoms with Crippen LogP contribution in [0, 0.1) is 11.6 Å². The molecule has 13 heavy (non-hydrogen) atoms. The molecule has 0 N–H and O–H groups in total. The number of hydrogen-bond donors (Lipinski definition) is 0. The van der Waals surface area contributed by atoms with Gasteiger partial charge < -0.3 is 0 Å². The zero-order valence-corrected chi connectivity index (χ0v) is 8.95. The molecule has 0 saturated heterocycles. The highest BCUT2D eigenvalue weighted by molar-refractivity contribution is 6.66. The van der Waals surface area contributed by atoms with E-state index >= 15 is 0 Å². The van der Waals surface area contributed by atoms with Crippen molar-refractivity contribution in [1.29, 1.82) is 0 Å². The van der Waals surface area contributed by atoms with E-state index in [1.54, 1.807) is 0 Å². The van der Waals surface area contributed by atoms with Gasteiger partial charge in [0.05, 0.1) is 5.02 Å². The quantitative estimate of drug-likeness (QED) is 0.480. The van der Waals surface area contributed by atoms with Crippen LogP contribution in [0.25, 0.3) is 0 Å². The fourth-order valence-corrected chi connectivity index (χ4v) is 1.32. The molecule has 0 amide bonds. The van der Waals surface area contributed by atoms with Gasteiger partial charge in [-0.15, -0.1) is 0 Å². The number of rotatable bonds is 0. The smallest absolute Gasteiger partial charge is 0.206 e. The Kier molecular flexibility index (Phi) is 3.29. The maximum Gasteiger partial charge on any atom is 0.218 e. The summed E-state index contributed by atoms with van der Waals surface area (Å²) in [4.78, 5) is 0. The van der Waals surface area contributed by atoms with Crippen LogP contribution in [0.5, 0.6) is 0 Å². The van der Waals surface area contributed by atoms with Crippen molar-refractivity contribution in [2.75, 3.05) is 0 Å². The average Bonchev–Trinajstić information content (AvgIpc) is 1.94. The van der Waals surface area contributed by atoms with Crippen LogP contribution in [0.3, 0.4) is 0 Å². The number of halogens is 6. The summed E-state index contributed by atoms with van der Waals surface area (Å²) in [6, 6.07) is 1.51. The van der Waals surface area contributed by atoms with Crippen molar-refractivity contribution in [3.63, 3.8) is 0 Å². The Morgan fingerprint density at radius 1 is 1.00 bits per heavy atom. The molecule has 1 aromatic rings. The molecular weight excluding hydrogens is 264 g/mol. The zero-order chi connectivity index (χ0) is 10.2. The van der Waals surface area contributed by atoms with Crippen LogP contribution < -0.4 is 0 Å². The Labute approximate surface area is 93.3 Å². The molecule has 0 fully saturated rings. The van der Waals surface area contributed by atoms with Crippen LogP contribution in [0.2, 0.25) is 5.02 Å². The fraction of sp³-hybridized carbons (Fsp3) is 0.143. The monoisotopic (exact) mass is 264 g/mol. The van der Waals surface area contributed by atoms with E-state index < -0.39 is 15.4 Å². The van der Waals surface area contributed by atoms with Crippen molar-refractivity contribution in [1.82, 2.24) is 0 Å². The molecule has 0 bridgehead atoms. The molecule has 0 atom stereocenters. The van der Waals surface area contributed by atoms with Gasteiger partial charge in [0, 0.05) is 5.56 Å². The standard InChI is InChI=1S/C7H2Cl4F2/c8-4-2-5(12)3(1-6(4)13)7(9,10)11/h1-2H. The lowest BCUT2D eigenvalue weighted by atomic mass is 10.2. The van der Waals surface area contributed by atoms with Gasteiger partial charge in [0.15, 0.2) is 0 Å². The Bertz CT molecular complexity index is 332. The van der Waals surface area contributed by atoms with Crippen molar-refractivity contribution in [3.8, 4) is 0 Å². The fourth-order valence-electron chi connectivity index (χ4n) is 0.740. The predicted octanol–water partition coefficient (Wildman–Crippen LogP) is 4.44. The molecule has 0 aliphatic heterocycles. The predicted molar refractivity (Wildman–Crippen MR) is 50.6 cm³/mol. The van der Waals surface area contributed by atoms with Crippen molar-refractivity contribution < 1.29 is 8.78 Å². The highest BCUT2D eigenvalue weighted by atomic mass is 35.6. The van der Waals surface area contributed by atoms with E-state index in [2.05, 4.69) is 0 Å². The van der Waals surface area contributed by atoms with Gasteiger partial charge in [-0.2, -0.15) is 0 Å². The maximum atomic E-state index is 13.0. The molecule has 1 rings (SSSR count). The Balaban J connectivity index is 3.32. The second kappa shape index (κ2) is 3.77. The molecule has 0 nitrogen and oxygen atoms in total. The number of hydrogen-bond acceptors (Lipinski definition) is 0. The minimum atomic E-state index is -1.99. The lowest BCUT2D eigenvalue weighted by Gasteiger charge is -2.12. The van der Waals surface area contributed by atoms with Crippen LogP contribution in [-0.2, 0) is 3.79 Å². The first-order valence-electron chi connectivity index (χ1n) is 3.04. The van der Waals surface area contributed by atoms with E-state index in [-0.39, 0.29) is 10.6 Å². The summed E-state index contributed by atoms with van der Waals surface area (Å²) in [6.07, 6.45) is 0. The van der Waals surface area contributed by atoms with Gasteiger partial charge in [-0.3, -0.25) is 0 Å². The molecule has 1 aromatic carbocycles. The second-order valence-electron chi connectivity index (χ2n) is 2.24. The molecule has 0 saturated carbocycles. The summed E-state index contributed by atoms with van der Waals surface area (Å²) in [7, 11) is 0. The van der Waals surface area contributed by atoms with Crippen LogP contribution in [-0.4, -0.2) is 0 Å². The largest absolute Gasteiger partial charge is 0.218 e. The Morgan fingerprint density at radius 3 is 2.00 bits per heavy atom. The van der Waals surface area contributed by atoms with Crippen molar-refractivity contribution in [2.24, 2.45) is 0 Å². The first-order chi connectivity index (χ1) is 5.82. The third-order valence-corrected chi connectivity index (χ3v) is 2.22. The van der Waals surface area contributed by atoms with E-state index in [0.29, 0.717) is 0 Å². The minimum absolute atomic E-state index is 0.351. The summed E-state index contributed by atoms with van der Waals surface area (Å²) < 4.78 is 23.8. The van der Waals surface area contributed by atoms with Gasteiger partial charge in [-0.25, -0.2) is 8.78 Å². The molecular formula is C7H2Cl4F2. The second-order valence-corrected chi connectivity index (χ2v) is 4.93. The van der Waals surface area contributed by atoms with Gasteiger partial charge in [-0.1, -0.05) is 46.4 Å². The summed E-state index contributed by atoms with van der Waals surface area (Å²) >= 11 is 21.4. The van der Waals surface area contributed by atoms with Crippen LogP contribution in [0.15, 0.2) is 12.1 Å². The first-order valence-corrected chi connectivity index (χ1v) is 4.55. The summed E-state index contributed by atoms with van der Waals surface area (Å²) in [5.74, 6) is -1.68. The lowest BCUT2D eigenvalue weighted by molar-refractivity contribution is 0.588. The Hall–Kier alpha value is 0.240. The highest BCUT2D eigenvalue weighted by Crippen LogP contribution is 2.40. The van der Waals surface area contributed by atoms with E-state index in [9.17, 15) is 8.78 Å². The molecule has 0 aliphatic rings. The topological polar surface area (TPSA) is 0 Å². The van der Waals surface area contributed by atoms with E-state index in [4.69, 9.17) is 46.4 Å². The average molecular weight is 266 g/mol. The van der Waals surface area contributed by atoms with Crippen molar-refractivity contribution in [2.45, 2.75) is 3.79 Å². The molecule has 72 valence electrons. The number of benzene rings is 1. The van der Waals surface area contributed by atoms with Crippen LogP contribution >= 0.6 is 46.4 Å². The molecule has 6 heteroatoms. The van der Waals surface area contributed by atoms with Gasteiger partial charge in [0.2, 0.25) is 3.79 Å². The summed E-state index contributed by atoms with van der Waals surface area (Å²) in [6.45, 7) is 0. The minimum Gasteiger partial charge on any atom is -0.206 e. The summed E-state index contributed by atoms with van der Waals surface area (Å²) in [5.41, 5.74) is -0.362. The summed E-state index contributed by atoms with van der Waals surface area (Å²) in [5, 5.41) is -0.351. The first kappa shape index (κ1) is 11.3. The van der Waals surface area contributed by atoms with E-state index in [0.717, 1.165) is 12.1 Å². The molecule has 0 aliphatic carbocycles. The maximum absolute atomic E-state index is 13.0. The number of alkyl halides is 3. The van der Waals surface area contributed by atoms with Crippen LogP contribution in [0.4, 0.5) is 8.78 Å². The highest BCUT2D eigenvalue weighted by Gasteiger charge is 2.28. The van der Waals surface area contributed by atoms with Gasteiger partial charge in [0.1, 0.15) is 11.6 Å². The molecule has 0 unspecified atom stereocenters. The van der Waals surface area contributed by atoms with Gasteiger partial charge in [0.25, 0.3) is 0 Å². The molecule has 0 heterocycles. The SMILES string of the molecule is Fc1cc(C(Cl)(Cl)Cl)c(F)cc1Cl. The molecule has 0 radical (unpaired) electrons. The van der Waals surface area contributed by atoms with Gasteiger partial charge in [-0.05, 0) is 12.1 Å². The molecule has 0 spiro atoms. The van der Waals surface area contributed by atoms with E-state index in [1.807, 2.05) is 0 Å².